The highest BCUT2D eigenvalue weighted by Gasteiger charge is 2.52. The van der Waals surface area contributed by atoms with Crippen LogP contribution < -0.4 is 5.32 Å². The van der Waals surface area contributed by atoms with Gasteiger partial charge < -0.3 is 20.1 Å². The summed E-state index contributed by atoms with van der Waals surface area (Å²) in [6.07, 6.45) is 0.879. The van der Waals surface area contributed by atoms with Crippen LogP contribution in [0, 0.1) is 5.41 Å². The van der Waals surface area contributed by atoms with Gasteiger partial charge in [0, 0.05) is 13.0 Å². The number of nitrogens with zero attached hydrogens (tertiary/aromatic N) is 1. The highest BCUT2D eigenvalue weighted by Crippen LogP contribution is 2.44. The molecule has 0 radical (unpaired) electrons. The predicted molar refractivity (Wildman–Crippen MR) is 128 cm³/mol. The fourth-order valence-corrected chi connectivity index (χ4v) is 5.02. The highest BCUT2D eigenvalue weighted by molar-refractivity contribution is 5.92. The second kappa shape index (κ2) is 8.78. The first-order valence-electron chi connectivity index (χ1n) is 11.7. The number of benzene rings is 2. The van der Waals surface area contributed by atoms with E-state index in [1.807, 2.05) is 57.2 Å². The zero-order chi connectivity index (χ0) is 24.7. The van der Waals surface area contributed by atoms with Crippen LogP contribution in [0.2, 0.25) is 0 Å². The number of hydrogen-bond donors (Lipinski definition) is 2. The zero-order valence-electron chi connectivity index (χ0n) is 20.1. The molecule has 2 aliphatic rings. The Bertz CT molecular complexity index is 1070. The van der Waals surface area contributed by atoms with Crippen molar-refractivity contribution in [2.45, 2.75) is 57.5 Å². The molecule has 0 saturated heterocycles. The minimum absolute atomic E-state index is 0.0881. The van der Waals surface area contributed by atoms with Crippen LogP contribution in [0.4, 0.5) is 4.79 Å². The van der Waals surface area contributed by atoms with Crippen molar-refractivity contribution >= 4 is 18.0 Å². The molecule has 2 aromatic carbocycles. The number of carboxylic acid groups (broad SMARTS) is 1. The fraction of sp³-hybridized carbons (Fsp3) is 0.444. The van der Waals surface area contributed by atoms with Gasteiger partial charge in [0.05, 0.1) is 0 Å². The van der Waals surface area contributed by atoms with Gasteiger partial charge >= 0.3 is 12.1 Å². The fourth-order valence-electron chi connectivity index (χ4n) is 5.02. The number of alkyl carbamates (subject to hydrolysis) is 1. The first-order valence-corrected chi connectivity index (χ1v) is 11.7. The van der Waals surface area contributed by atoms with Gasteiger partial charge in [-0.3, -0.25) is 4.79 Å². The quantitative estimate of drug-likeness (QED) is 0.660. The Morgan fingerprint density at radius 2 is 1.59 bits per heavy atom. The normalized spacial score (nSPS) is 17.1. The van der Waals surface area contributed by atoms with Crippen molar-refractivity contribution in [3.8, 4) is 11.1 Å². The van der Waals surface area contributed by atoms with E-state index in [4.69, 9.17) is 4.74 Å². The summed E-state index contributed by atoms with van der Waals surface area (Å²) in [4.78, 5) is 39.4. The Morgan fingerprint density at radius 3 is 2.03 bits per heavy atom. The van der Waals surface area contributed by atoms with Crippen molar-refractivity contribution in [1.82, 2.24) is 10.2 Å². The highest BCUT2D eigenvalue weighted by atomic mass is 16.5. The summed E-state index contributed by atoms with van der Waals surface area (Å²) in [6, 6.07) is 15.2. The van der Waals surface area contributed by atoms with Gasteiger partial charge in [-0.15, -0.1) is 0 Å². The molecule has 0 aliphatic heterocycles. The summed E-state index contributed by atoms with van der Waals surface area (Å²) in [5.41, 5.74) is 2.64. The molecule has 1 saturated carbocycles. The number of ether oxygens (including phenoxy) is 1. The lowest BCUT2D eigenvalue weighted by molar-refractivity contribution is -0.166. The first-order chi connectivity index (χ1) is 16.1. The molecular weight excluding hydrogens is 432 g/mol. The van der Waals surface area contributed by atoms with Crippen molar-refractivity contribution in [3.05, 3.63) is 59.7 Å². The maximum atomic E-state index is 13.3. The molecule has 0 heterocycles. The summed E-state index contributed by atoms with van der Waals surface area (Å²) in [5.74, 6) is -1.53. The molecule has 2 aromatic rings. The number of likely N-dealkylation sites (N-methyl/N-ethyl adjacent to an activating group) is 1. The summed E-state index contributed by atoms with van der Waals surface area (Å²) in [5, 5.41) is 12.5. The molecule has 1 fully saturated rings. The second-order valence-corrected chi connectivity index (χ2v) is 10.4. The zero-order valence-corrected chi connectivity index (χ0v) is 20.1. The second-order valence-electron chi connectivity index (χ2n) is 10.4. The van der Waals surface area contributed by atoms with Gasteiger partial charge in [-0.1, -0.05) is 69.3 Å². The third kappa shape index (κ3) is 4.04. The maximum Gasteiger partial charge on any atom is 0.407 e. The number of rotatable bonds is 6. The summed E-state index contributed by atoms with van der Waals surface area (Å²) < 4.78 is 5.63. The van der Waals surface area contributed by atoms with Crippen molar-refractivity contribution in [1.29, 1.82) is 0 Å². The number of amides is 2. The molecule has 2 aliphatic carbocycles. The molecule has 7 nitrogen and oxygen atoms in total. The van der Waals surface area contributed by atoms with Crippen LogP contribution in [-0.4, -0.2) is 53.2 Å². The monoisotopic (exact) mass is 464 g/mol. The predicted octanol–water partition coefficient (Wildman–Crippen LogP) is 4.41. The van der Waals surface area contributed by atoms with Gasteiger partial charge in [0.25, 0.3) is 0 Å². The molecule has 34 heavy (non-hydrogen) atoms. The first kappa shape index (κ1) is 23.8. The van der Waals surface area contributed by atoms with Crippen LogP contribution >= 0.6 is 0 Å². The topological polar surface area (TPSA) is 95.9 Å². The van der Waals surface area contributed by atoms with Gasteiger partial charge in [-0.2, -0.15) is 0 Å². The van der Waals surface area contributed by atoms with Crippen molar-refractivity contribution < 1.29 is 24.2 Å². The van der Waals surface area contributed by atoms with Crippen LogP contribution in [-0.2, 0) is 14.3 Å². The minimum Gasteiger partial charge on any atom is -0.479 e. The Balaban J connectivity index is 1.48. The van der Waals surface area contributed by atoms with Crippen molar-refractivity contribution in [3.63, 3.8) is 0 Å². The SMILES string of the molecule is CN(C(=O)C(NC(=O)OCC1c2ccccc2-c2ccccc21)C(C)(C)C)C1(C(=O)O)CCC1. The van der Waals surface area contributed by atoms with Gasteiger partial charge in [0.15, 0.2) is 0 Å². The Morgan fingerprint density at radius 1 is 1.06 bits per heavy atom. The Labute approximate surface area is 200 Å². The van der Waals surface area contributed by atoms with Gasteiger partial charge in [0.2, 0.25) is 5.91 Å². The lowest BCUT2D eigenvalue weighted by Crippen LogP contribution is -2.65. The summed E-state index contributed by atoms with van der Waals surface area (Å²) in [6.45, 7) is 5.64. The Hall–Kier alpha value is -3.35. The average molecular weight is 465 g/mol. The van der Waals surface area contributed by atoms with E-state index in [0.29, 0.717) is 12.8 Å². The van der Waals surface area contributed by atoms with Crippen LogP contribution in [0.25, 0.3) is 11.1 Å². The molecule has 0 spiro atoms. The molecule has 1 atom stereocenters. The maximum absolute atomic E-state index is 13.3. The van der Waals surface area contributed by atoms with Crippen LogP contribution in [0.5, 0.6) is 0 Å². The molecular formula is C27H32N2O5. The molecule has 7 heteroatoms. The number of aliphatic carboxylic acids is 1. The number of carbonyl (C=O) groups excluding carboxylic acids is 2. The number of nitrogens with one attached hydrogen (secondary N) is 1. The van der Waals surface area contributed by atoms with Crippen molar-refractivity contribution in [2.75, 3.05) is 13.7 Å². The van der Waals surface area contributed by atoms with E-state index in [9.17, 15) is 19.5 Å². The Kier molecular flexibility index (Phi) is 6.14. The smallest absolute Gasteiger partial charge is 0.407 e. The van der Waals surface area contributed by atoms with Crippen LogP contribution in [0.3, 0.4) is 0 Å². The minimum atomic E-state index is -1.20. The lowest BCUT2D eigenvalue weighted by atomic mass is 9.74. The van der Waals surface area contributed by atoms with E-state index in [1.54, 1.807) is 0 Å². The van der Waals surface area contributed by atoms with E-state index >= 15 is 0 Å². The van der Waals surface area contributed by atoms with Gasteiger partial charge in [-0.05, 0) is 46.9 Å². The van der Waals surface area contributed by atoms with E-state index in [1.165, 1.54) is 11.9 Å². The van der Waals surface area contributed by atoms with E-state index in [2.05, 4.69) is 17.4 Å². The third-order valence-electron chi connectivity index (χ3n) is 7.27. The standard InChI is InChI=1S/C27H32N2O5/c1-26(2,3)22(23(30)29(4)27(24(31)32)14-9-15-27)28-25(33)34-16-21-19-12-7-5-10-17(19)18-11-6-8-13-20(18)21/h5-8,10-13,21-22H,9,14-16H2,1-4H3,(H,28,33)(H,31,32). The van der Waals surface area contributed by atoms with Crippen molar-refractivity contribution in [2.24, 2.45) is 5.41 Å². The number of hydrogen-bond acceptors (Lipinski definition) is 4. The molecule has 2 N–H and O–H groups in total. The van der Waals surface area contributed by atoms with Crippen LogP contribution in [0.1, 0.15) is 57.1 Å². The molecule has 180 valence electrons. The number of fused-ring (bicyclic) bond motifs is 3. The molecule has 4 rings (SSSR count). The molecule has 0 bridgehead atoms. The van der Waals surface area contributed by atoms with Crippen LogP contribution in [0.15, 0.2) is 48.5 Å². The molecule has 0 aromatic heterocycles. The largest absolute Gasteiger partial charge is 0.479 e. The van der Waals surface area contributed by atoms with E-state index in [-0.39, 0.29) is 12.5 Å². The number of carbonyl (C=O) groups is 3. The summed E-state index contributed by atoms with van der Waals surface area (Å²) >= 11 is 0. The molecule has 1 unspecified atom stereocenters. The van der Waals surface area contributed by atoms with Gasteiger partial charge in [0.1, 0.15) is 18.2 Å². The van der Waals surface area contributed by atoms with Gasteiger partial charge in [-0.25, -0.2) is 9.59 Å². The summed E-state index contributed by atoms with van der Waals surface area (Å²) in [7, 11) is 1.51. The van der Waals surface area contributed by atoms with E-state index < -0.39 is 35.0 Å². The van der Waals surface area contributed by atoms with E-state index in [0.717, 1.165) is 28.7 Å². The number of carboxylic acids is 1. The third-order valence-corrected chi connectivity index (χ3v) is 7.27. The molecule has 2 amide bonds. The average Bonchev–Trinajstić information content (AvgIpc) is 3.07. The lowest BCUT2D eigenvalue weighted by Gasteiger charge is -2.47.